The fraction of sp³-hybridized carbons (Fsp3) is 0.115. The first kappa shape index (κ1) is 21.4. The highest BCUT2D eigenvalue weighted by Gasteiger charge is 2.28. The molecule has 0 saturated carbocycles. The summed E-state index contributed by atoms with van der Waals surface area (Å²) < 4.78 is 2.13. The van der Waals surface area contributed by atoms with E-state index in [4.69, 9.17) is 0 Å². The Balaban J connectivity index is 1.57. The highest BCUT2D eigenvalue weighted by Crippen LogP contribution is 2.25. The molecule has 0 atom stereocenters. The fourth-order valence-electron chi connectivity index (χ4n) is 3.70. The number of aromatic nitrogens is 1. The molecule has 0 aliphatic carbocycles. The van der Waals surface area contributed by atoms with Crippen LogP contribution in [0, 0.1) is 6.92 Å². The molecule has 5 rings (SSSR count). The predicted molar refractivity (Wildman–Crippen MR) is 137 cm³/mol. The highest BCUT2D eigenvalue weighted by molar-refractivity contribution is 8.14. The number of carbonyl (C=O) groups is 1. The zero-order chi connectivity index (χ0) is 22.6. The molecule has 0 spiro atoms. The number of nitrogens with zero attached hydrogens (tertiary/aromatic N) is 4. The third-order valence-electron chi connectivity index (χ3n) is 5.33. The Morgan fingerprint density at radius 1 is 0.909 bits per heavy atom. The largest absolute Gasteiger partial charge is 0.287 e. The Hall–Kier alpha value is -3.42. The number of hydrogen-bond acceptors (Lipinski definition) is 5. The molecule has 4 aromatic rings. The summed E-state index contributed by atoms with van der Waals surface area (Å²) in [6, 6.07) is 28.6. The second-order valence-electron chi connectivity index (χ2n) is 7.69. The van der Waals surface area contributed by atoms with Crippen molar-refractivity contribution in [3.05, 3.63) is 106 Å². The number of thioether (sulfide) groups is 1. The van der Waals surface area contributed by atoms with Gasteiger partial charge in [-0.15, -0.1) is 21.5 Å². The van der Waals surface area contributed by atoms with Crippen molar-refractivity contribution in [2.45, 2.75) is 13.5 Å². The Bertz CT molecular complexity index is 1370. The Labute approximate surface area is 200 Å². The van der Waals surface area contributed by atoms with Crippen molar-refractivity contribution in [3.8, 4) is 16.9 Å². The summed E-state index contributed by atoms with van der Waals surface area (Å²) in [6.45, 7) is 2.58. The zero-order valence-corrected chi connectivity index (χ0v) is 19.7. The lowest BCUT2D eigenvalue weighted by Crippen LogP contribution is -2.28. The molecule has 0 radical (unpaired) electrons. The van der Waals surface area contributed by atoms with Crippen LogP contribution in [0.15, 0.2) is 101 Å². The van der Waals surface area contributed by atoms with Gasteiger partial charge in [0.15, 0.2) is 0 Å². The second-order valence-corrected chi connectivity index (χ2v) is 9.45. The number of hydrogen-bond donors (Lipinski definition) is 0. The molecule has 164 valence electrons. The Morgan fingerprint density at radius 3 is 2.42 bits per heavy atom. The molecule has 7 heteroatoms. The minimum absolute atomic E-state index is 0.00974. The van der Waals surface area contributed by atoms with E-state index in [1.807, 2.05) is 54.6 Å². The molecule has 0 unspecified atom stereocenters. The van der Waals surface area contributed by atoms with E-state index in [-0.39, 0.29) is 5.24 Å². The van der Waals surface area contributed by atoms with Crippen molar-refractivity contribution in [1.82, 2.24) is 9.47 Å². The van der Waals surface area contributed by atoms with Crippen LogP contribution in [0.25, 0.3) is 16.9 Å². The smallest absolute Gasteiger partial charge is 0.284 e. The summed E-state index contributed by atoms with van der Waals surface area (Å²) in [6.07, 6.45) is 0. The van der Waals surface area contributed by atoms with Gasteiger partial charge >= 0.3 is 0 Å². The van der Waals surface area contributed by atoms with Crippen LogP contribution in [-0.4, -0.2) is 26.3 Å². The normalized spacial score (nSPS) is 15.5. The number of rotatable bonds is 5. The molecule has 33 heavy (non-hydrogen) atoms. The van der Waals surface area contributed by atoms with E-state index >= 15 is 0 Å². The maximum atomic E-state index is 12.5. The van der Waals surface area contributed by atoms with E-state index in [9.17, 15) is 4.79 Å². The zero-order valence-electron chi connectivity index (χ0n) is 18.1. The third-order valence-corrected chi connectivity index (χ3v) is 7.01. The van der Waals surface area contributed by atoms with Crippen molar-refractivity contribution in [2.24, 2.45) is 10.2 Å². The lowest BCUT2D eigenvalue weighted by molar-refractivity contribution is 0.244. The van der Waals surface area contributed by atoms with E-state index in [2.05, 4.69) is 57.4 Å². The quantitative estimate of drug-likeness (QED) is 0.331. The van der Waals surface area contributed by atoms with Gasteiger partial charge in [-0.25, -0.2) is 0 Å². The molecular weight excluding hydrogens is 448 g/mol. The van der Waals surface area contributed by atoms with Crippen molar-refractivity contribution >= 4 is 34.2 Å². The molecule has 1 aliphatic rings. The van der Waals surface area contributed by atoms with Crippen molar-refractivity contribution in [1.29, 1.82) is 0 Å². The number of amides is 1. The molecule has 1 amide bonds. The minimum atomic E-state index is 0.00974. The van der Waals surface area contributed by atoms with Gasteiger partial charge in [-0.2, -0.15) is 0 Å². The van der Waals surface area contributed by atoms with Gasteiger partial charge in [0.05, 0.1) is 18.0 Å². The number of carbonyl (C=O) groups excluding carboxylic acids is 1. The van der Waals surface area contributed by atoms with E-state index in [1.54, 1.807) is 16.2 Å². The second kappa shape index (κ2) is 9.60. The lowest BCUT2D eigenvalue weighted by atomic mass is 10.1. The molecule has 1 fully saturated rings. The van der Waals surface area contributed by atoms with Crippen LogP contribution < -0.4 is 4.80 Å². The maximum absolute atomic E-state index is 12.5. The van der Waals surface area contributed by atoms with Gasteiger partial charge in [0.1, 0.15) is 5.84 Å². The topological polar surface area (TPSA) is 50.0 Å². The standard InChI is InChI=1S/C26H22N4OS2/c1-19-9-8-14-22(15-19)30-23(21-12-6-3-7-13-21)17-32-25(30)28-27-24-18-33-26(31)29(24)16-20-10-4-2-5-11-20/h2-15,17H,16,18H2,1H3/b27-24-,28-25+. The van der Waals surface area contributed by atoms with Crippen LogP contribution in [0.1, 0.15) is 11.1 Å². The molecule has 0 bridgehead atoms. The number of aryl methyl sites for hydroxylation is 1. The summed E-state index contributed by atoms with van der Waals surface area (Å²) in [7, 11) is 0. The number of thiazole rings is 1. The van der Waals surface area contributed by atoms with Crippen LogP contribution in [0.2, 0.25) is 0 Å². The average molecular weight is 471 g/mol. The van der Waals surface area contributed by atoms with E-state index in [1.165, 1.54) is 17.3 Å². The molecule has 1 aromatic heterocycles. The van der Waals surface area contributed by atoms with E-state index in [0.717, 1.165) is 27.3 Å². The SMILES string of the molecule is Cc1cccc(-n2c(-c3ccccc3)cs/c2=N/N=C2/CSC(=O)N2Cc2ccccc2)c1. The maximum Gasteiger partial charge on any atom is 0.287 e. The predicted octanol–water partition coefficient (Wildman–Crippen LogP) is 6.10. The summed E-state index contributed by atoms with van der Waals surface area (Å²) in [5.41, 5.74) is 5.45. The molecule has 5 nitrogen and oxygen atoms in total. The summed E-state index contributed by atoms with van der Waals surface area (Å²) in [5, 5.41) is 11.3. The monoisotopic (exact) mass is 470 g/mol. The van der Waals surface area contributed by atoms with Crippen LogP contribution >= 0.6 is 23.1 Å². The van der Waals surface area contributed by atoms with Gasteiger partial charge in [0.25, 0.3) is 5.24 Å². The van der Waals surface area contributed by atoms with Crippen molar-refractivity contribution in [2.75, 3.05) is 5.75 Å². The van der Waals surface area contributed by atoms with Gasteiger partial charge in [-0.3, -0.25) is 14.3 Å². The summed E-state index contributed by atoms with van der Waals surface area (Å²) in [5.74, 6) is 1.20. The fourth-order valence-corrected chi connectivity index (χ4v) is 5.35. The van der Waals surface area contributed by atoms with Gasteiger partial charge in [0.2, 0.25) is 4.80 Å². The molecule has 3 aromatic carbocycles. The van der Waals surface area contributed by atoms with Gasteiger partial charge in [0, 0.05) is 11.1 Å². The van der Waals surface area contributed by atoms with Crippen LogP contribution in [-0.2, 0) is 6.54 Å². The minimum Gasteiger partial charge on any atom is -0.284 e. The average Bonchev–Trinajstić information content (AvgIpc) is 3.42. The van der Waals surface area contributed by atoms with Crippen molar-refractivity contribution in [3.63, 3.8) is 0 Å². The summed E-state index contributed by atoms with van der Waals surface area (Å²) in [4.78, 5) is 15.0. The van der Waals surface area contributed by atoms with Gasteiger partial charge < -0.3 is 0 Å². The van der Waals surface area contributed by atoms with Gasteiger partial charge in [-0.05, 0) is 35.7 Å². The first-order valence-electron chi connectivity index (χ1n) is 10.6. The molecular formula is C26H22N4OS2. The third kappa shape index (κ3) is 4.69. The molecule has 1 aliphatic heterocycles. The lowest BCUT2D eigenvalue weighted by Gasteiger charge is -2.15. The van der Waals surface area contributed by atoms with Crippen LogP contribution in [0.5, 0.6) is 0 Å². The van der Waals surface area contributed by atoms with Crippen LogP contribution in [0.3, 0.4) is 0 Å². The van der Waals surface area contributed by atoms with Crippen LogP contribution in [0.4, 0.5) is 4.79 Å². The highest BCUT2D eigenvalue weighted by atomic mass is 32.2. The van der Waals surface area contributed by atoms with E-state index < -0.39 is 0 Å². The van der Waals surface area contributed by atoms with Gasteiger partial charge in [-0.1, -0.05) is 84.6 Å². The molecule has 2 heterocycles. The molecule has 0 N–H and O–H groups in total. The van der Waals surface area contributed by atoms with Crippen molar-refractivity contribution < 1.29 is 4.79 Å². The number of amidine groups is 1. The summed E-state index contributed by atoms with van der Waals surface area (Å²) >= 11 is 2.81. The Morgan fingerprint density at radius 2 is 1.67 bits per heavy atom. The Kier molecular flexibility index (Phi) is 6.24. The van der Waals surface area contributed by atoms with E-state index in [0.29, 0.717) is 18.1 Å². The number of benzene rings is 3. The molecule has 1 saturated heterocycles. The first-order valence-corrected chi connectivity index (χ1v) is 12.5. The first-order chi connectivity index (χ1) is 16.2.